The molecule has 0 amide bonds. The van der Waals surface area contributed by atoms with E-state index in [1.54, 1.807) is 0 Å². The lowest BCUT2D eigenvalue weighted by molar-refractivity contribution is -0.115. The van der Waals surface area contributed by atoms with Crippen molar-refractivity contribution in [2.24, 2.45) is 11.3 Å². The highest BCUT2D eigenvalue weighted by Crippen LogP contribution is 2.47. The molecule has 0 radical (unpaired) electrons. The molecule has 0 aromatic heterocycles. The van der Waals surface area contributed by atoms with E-state index in [-0.39, 0.29) is 6.10 Å². The lowest BCUT2D eigenvalue weighted by atomic mass is 9.64. The van der Waals surface area contributed by atoms with Gasteiger partial charge in [0.05, 0.1) is 12.7 Å². The van der Waals surface area contributed by atoms with Crippen LogP contribution in [-0.4, -0.2) is 11.9 Å². The average Bonchev–Trinajstić information content (AvgIpc) is 2.71. The lowest BCUT2D eigenvalue weighted by Crippen LogP contribution is -2.29. The summed E-state index contributed by atoms with van der Waals surface area (Å²) >= 11 is 0. The van der Waals surface area contributed by atoms with Gasteiger partial charge in [0.1, 0.15) is 0 Å². The first-order chi connectivity index (χ1) is 12.7. The van der Waals surface area contributed by atoms with Crippen LogP contribution in [0.15, 0.2) is 66.3 Å². The first-order valence-electron chi connectivity index (χ1n) is 9.98. The van der Waals surface area contributed by atoms with E-state index in [4.69, 9.17) is 4.74 Å². The lowest BCUT2D eigenvalue weighted by Gasteiger charge is -2.40. The number of carbonyl (C=O) groups excluding carboxylic acids is 1. The molecule has 1 atom stereocenters. The zero-order valence-electron chi connectivity index (χ0n) is 15.4. The summed E-state index contributed by atoms with van der Waals surface area (Å²) in [5.74, 6) is 0.982. The molecule has 2 heteroatoms. The Hall–Kier alpha value is -1.93. The molecule has 1 spiro atoms. The van der Waals surface area contributed by atoms with Gasteiger partial charge in [0.15, 0.2) is 5.78 Å². The number of hydrogen-bond donors (Lipinski definition) is 0. The van der Waals surface area contributed by atoms with Crippen molar-refractivity contribution in [1.29, 1.82) is 0 Å². The Kier molecular flexibility index (Phi) is 5.21. The van der Waals surface area contributed by atoms with Gasteiger partial charge in [0.25, 0.3) is 0 Å². The Morgan fingerprint density at radius 2 is 1.85 bits per heavy atom. The highest BCUT2D eigenvalue weighted by Gasteiger charge is 2.36. The van der Waals surface area contributed by atoms with Crippen LogP contribution in [0.1, 0.15) is 50.5 Å². The van der Waals surface area contributed by atoms with Crippen molar-refractivity contribution in [3.05, 3.63) is 71.8 Å². The fourth-order valence-corrected chi connectivity index (χ4v) is 4.57. The number of hydrogen-bond acceptors (Lipinski definition) is 2. The van der Waals surface area contributed by atoms with Crippen molar-refractivity contribution in [2.45, 2.75) is 57.7 Å². The Morgan fingerprint density at radius 3 is 2.50 bits per heavy atom. The van der Waals surface area contributed by atoms with Crippen molar-refractivity contribution in [1.82, 2.24) is 0 Å². The Balaban J connectivity index is 1.27. The van der Waals surface area contributed by atoms with Crippen LogP contribution in [-0.2, 0) is 16.1 Å². The number of ketones is 1. The maximum atomic E-state index is 11.5. The quantitative estimate of drug-likeness (QED) is 0.712. The summed E-state index contributed by atoms with van der Waals surface area (Å²) in [7, 11) is 0. The third-order valence-corrected chi connectivity index (χ3v) is 6.34. The molecule has 1 unspecified atom stereocenters. The third-order valence-electron chi connectivity index (χ3n) is 6.34. The largest absolute Gasteiger partial charge is 0.369 e. The molecule has 1 fully saturated rings. The average molecular weight is 348 g/mol. The van der Waals surface area contributed by atoms with E-state index in [2.05, 4.69) is 48.6 Å². The van der Waals surface area contributed by atoms with Gasteiger partial charge in [-0.05, 0) is 67.1 Å². The van der Waals surface area contributed by atoms with Gasteiger partial charge in [-0.15, -0.1) is 0 Å². The predicted molar refractivity (Wildman–Crippen MR) is 105 cm³/mol. The highest BCUT2D eigenvalue weighted by molar-refractivity contribution is 5.90. The van der Waals surface area contributed by atoms with Gasteiger partial charge in [0.2, 0.25) is 0 Å². The van der Waals surface area contributed by atoms with E-state index in [0.717, 1.165) is 19.3 Å². The molecule has 0 aliphatic heterocycles. The zero-order valence-corrected chi connectivity index (χ0v) is 15.4. The van der Waals surface area contributed by atoms with E-state index in [9.17, 15) is 4.79 Å². The molecule has 3 aliphatic rings. The molecule has 1 saturated carbocycles. The van der Waals surface area contributed by atoms with Crippen LogP contribution < -0.4 is 0 Å². The first-order valence-corrected chi connectivity index (χ1v) is 9.98. The fourth-order valence-electron chi connectivity index (χ4n) is 4.57. The predicted octanol–water partition coefficient (Wildman–Crippen LogP) is 5.55. The number of allylic oxidation sites excluding steroid dienone is 4. The molecule has 4 rings (SSSR count). The first kappa shape index (κ1) is 17.5. The van der Waals surface area contributed by atoms with E-state index < -0.39 is 0 Å². The van der Waals surface area contributed by atoms with Crippen molar-refractivity contribution in [3.8, 4) is 0 Å². The second-order valence-corrected chi connectivity index (χ2v) is 8.07. The van der Waals surface area contributed by atoms with Gasteiger partial charge in [-0.3, -0.25) is 4.79 Å². The Labute approximate surface area is 156 Å². The number of carbonyl (C=O) groups is 1. The minimum Gasteiger partial charge on any atom is -0.369 e. The Morgan fingerprint density at radius 1 is 1.04 bits per heavy atom. The van der Waals surface area contributed by atoms with Gasteiger partial charge >= 0.3 is 0 Å². The Bertz CT molecular complexity index is 718. The van der Waals surface area contributed by atoms with Crippen LogP contribution in [0, 0.1) is 11.3 Å². The molecule has 0 bridgehead atoms. The zero-order chi connectivity index (χ0) is 17.8. The standard InChI is InChI=1S/C24H28O2/c25-22-12-16-24(17-13-22)14-10-21(11-15-24)20-6-8-23(9-7-20)26-18-19-4-2-1-3-5-19/h1-8,12,16,21,23H,9-11,13-15,17-18H2. The number of rotatable bonds is 4. The second kappa shape index (κ2) is 7.75. The SMILES string of the molecule is O=C1C=CC2(CC1)CCC(C1=CCC(OCc3ccccc3)C=C1)CC2. The molecule has 1 aromatic rings. The van der Waals surface area contributed by atoms with E-state index in [0.29, 0.717) is 23.7 Å². The normalized spacial score (nSPS) is 31.2. The minimum atomic E-state index is 0.196. The maximum absolute atomic E-state index is 11.5. The van der Waals surface area contributed by atoms with Crippen LogP contribution >= 0.6 is 0 Å². The fraction of sp³-hybridized carbons (Fsp3) is 0.458. The second-order valence-electron chi connectivity index (χ2n) is 8.07. The highest BCUT2D eigenvalue weighted by atomic mass is 16.5. The van der Waals surface area contributed by atoms with E-state index in [1.807, 2.05) is 12.1 Å². The summed E-state index contributed by atoms with van der Waals surface area (Å²) in [6, 6.07) is 10.4. The molecule has 2 nitrogen and oxygen atoms in total. The molecular formula is C24H28O2. The minimum absolute atomic E-state index is 0.196. The van der Waals surface area contributed by atoms with Gasteiger partial charge in [0, 0.05) is 6.42 Å². The summed E-state index contributed by atoms with van der Waals surface area (Å²) in [5, 5.41) is 0. The summed E-state index contributed by atoms with van der Waals surface area (Å²) in [5.41, 5.74) is 3.03. The van der Waals surface area contributed by atoms with Gasteiger partial charge in [-0.1, -0.05) is 54.6 Å². The molecular weight excluding hydrogens is 320 g/mol. The van der Waals surface area contributed by atoms with Crippen LogP contribution in [0.25, 0.3) is 0 Å². The van der Waals surface area contributed by atoms with Crippen molar-refractivity contribution >= 4 is 5.78 Å². The molecule has 3 aliphatic carbocycles. The van der Waals surface area contributed by atoms with Crippen LogP contribution in [0.3, 0.4) is 0 Å². The summed E-state index contributed by atoms with van der Waals surface area (Å²) in [4.78, 5) is 11.5. The number of ether oxygens (including phenoxy) is 1. The third kappa shape index (κ3) is 4.07. The molecule has 0 N–H and O–H groups in total. The van der Waals surface area contributed by atoms with E-state index in [1.165, 1.54) is 36.8 Å². The van der Waals surface area contributed by atoms with Gasteiger partial charge in [-0.2, -0.15) is 0 Å². The molecule has 26 heavy (non-hydrogen) atoms. The van der Waals surface area contributed by atoms with Crippen LogP contribution in [0.4, 0.5) is 0 Å². The van der Waals surface area contributed by atoms with Crippen LogP contribution in [0.5, 0.6) is 0 Å². The van der Waals surface area contributed by atoms with Crippen molar-refractivity contribution in [2.75, 3.05) is 0 Å². The molecule has 1 aromatic carbocycles. The summed E-state index contributed by atoms with van der Waals surface area (Å²) in [6.07, 6.45) is 18.9. The van der Waals surface area contributed by atoms with Crippen molar-refractivity contribution in [3.63, 3.8) is 0 Å². The van der Waals surface area contributed by atoms with Crippen molar-refractivity contribution < 1.29 is 9.53 Å². The topological polar surface area (TPSA) is 26.3 Å². The monoisotopic (exact) mass is 348 g/mol. The summed E-state index contributed by atoms with van der Waals surface area (Å²) in [6.45, 7) is 0.677. The van der Waals surface area contributed by atoms with Crippen LogP contribution in [0.2, 0.25) is 0 Å². The van der Waals surface area contributed by atoms with E-state index >= 15 is 0 Å². The molecule has 0 saturated heterocycles. The smallest absolute Gasteiger partial charge is 0.155 e. The van der Waals surface area contributed by atoms with Gasteiger partial charge in [-0.25, -0.2) is 0 Å². The molecule has 0 heterocycles. The number of benzene rings is 1. The summed E-state index contributed by atoms with van der Waals surface area (Å²) < 4.78 is 6.03. The molecule has 136 valence electrons. The van der Waals surface area contributed by atoms with Gasteiger partial charge < -0.3 is 4.74 Å². The maximum Gasteiger partial charge on any atom is 0.155 e.